The van der Waals surface area contributed by atoms with Gasteiger partial charge in [-0.05, 0) is 59.1 Å². The highest BCUT2D eigenvalue weighted by molar-refractivity contribution is 14.0. The molecule has 8 nitrogen and oxygen atoms in total. The molecular weight excluding hydrogens is 535 g/mol. The average Bonchev–Trinajstić information content (AvgIpc) is 3.23. The summed E-state index contributed by atoms with van der Waals surface area (Å²) in [6.45, 7) is 14.4. The van der Waals surface area contributed by atoms with Crippen LogP contribution in [-0.4, -0.2) is 57.1 Å². The summed E-state index contributed by atoms with van der Waals surface area (Å²) in [5.74, 6) is 2.08. The summed E-state index contributed by atoms with van der Waals surface area (Å²) in [5.41, 5.74) is 1.73. The van der Waals surface area contributed by atoms with E-state index in [0.29, 0.717) is 32.2 Å². The van der Waals surface area contributed by atoms with Crippen molar-refractivity contribution in [3.63, 3.8) is 0 Å². The van der Waals surface area contributed by atoms with Gasteiger partial charge in [-0.3, -0.25) is 0 Å². The van der Waals surface area contributed by atoms with Gasteiger partial charge in [-0.1, -0.05) is 12.1 Å². The molecule has 1 aliphatic heterocycles. The van der Waals surface area contributed by atoms with E-state index in [1.807, 2.05) is 27.7 Å². The van der Waals surface area contributed by atoms with Crippen LogP contribution in [0.1, 0.15) is 51.7 Å². The number of amides is 1. The predicted molar refractivity (Wildman–Crippen MR) is 143 cm³/mol. The predicted octanol–water partition coefficient (Wildman–Crippen LogP) is 4.00. The summed E-state index contributed by atoms with van der Waals surface area (Å²) in [7, 11) is 0. The van der Waals surface area contributed by atoms with Crippen LogP contribution in [0.2, 0.25) is 0 Å². The van der Waals surface area contributed by atoms with Gasteiger partial charge in [0.25, 0.3) is 0 Å². The molecule has 1 aromatic rings. The minimum absolute atomic E-state index is 0. The Kier molecular flexibility index (Phi) is 13.5. The first kappa shape index (κ1) is 29.3. The highest BCUT2D eigenvalue weighted by Gasteiger charge is 2.17. The van der Waals surface area contributed by atoms with Gasteiger partial charge in [-0.2, -0.15) is 0 Å². The van der Waals surface area contributed by atoms with Gasteiger partial charge in [0.1, 0.15) is 11.4 Å². The molecule has 1 heterocycles. The van der Waals surface area contributed by atoms with Crippen LogP contribution in [-0.2, 0) is 16.0 Å². The van der Waals surface area contributed by atoms with Gasteiger partial charge in [0.2, 0.25) is 0 Å². The number of guanidine groups is 1. The van der Waals surface area contributed by atoms with Crippen molar-refractivity contribution < 1.29 is 19.0 Å². The van der Waals surface area contributed by atoms with E-state index in [2.05, 4.69) is 41.1 Å². The van der Waals surface area contributed by atoms with Gasteiger partial charge < -0.3 is 30.2 Å². The molecule has 3 N–H and O–H groups in total. The first-order chi connectivity index (χ1) is 15.3. The maximum Gasteiger partial charge on any atom is 0.407 e. The molecule has 2 rings (SSSR count). The van der Waals surface area contributed by atoms with E-state index in [0.717, 1.165) is 55.4 Å². The molecule has 1 amide bonds. The molecule has 1 fully saturated rings. The van der Waals surface area contributed by atoms with Crippen molar-refractivity contribution in [1.82, 2.24) is 16.0 Å². The standard InChI is InChI=1S/C24H40N4O4.HI/c1-6-25-22(26-11-7-12-27-23(29)32-24(3,4)5)28-15-20-9-8-18(2)14-21(20)31-17-19-10-13-30-16-19;/h8-9,14,19H,6-7,10-13,15-17H2,1-5H3,(H,27,29)(H2,25,26,28);1H. The lowest BCUT2D eigenvalue weighted by molar-refractivity contribution is 0.0527. The van der Waals surface area contributed by atoms with Crippen LogP contribution >= 0.6 is 24.0 Å². The second-order valence-corrected chi connectivity index (χ2v) is 9.06. The second kappa shape index (κ2) is 15.2. The molecule has 1 aliphatic rings. The molecule has 0 bridgehead atoms. The lowest BCUT2D eigenvalue weighted by atomic mass is 10.1. The quantitative estimate of drug-likeness (QED) is 0.169. The topological polar surface area (TPSA) is 93.2 Å². The minimum atomic E-state index is -0.489. The summed E-state index contributed by atoms with van der Waals surface area (Å²) >= 11 is 0. The number of aliphatic imine (C=N–C) groups is 1. The summed E-state index contributed by atoms with van der Waals surface area (Å²) in [6.07, 6.45) is 1.41. The van der Waals surface area contributed by atoms with Crippen molar-refractivity contribution >= 4 is 36.0 Å². The van der Waals surface area contributed by atoms with Crippen LogP contribution in [0.25, 0.3) is 0 Å². The van der Waals surface area contributed by atoms with Crippen molar-refractivity contribution in [3.8, 4) is 5.75 Å². The highest BCUT2D eigenvalue weighted by atomic mass is 127. The number of nitrogens with zero attached hydrogens (tertiary/aromatic N) is 1. The number of alkyl carbamates (subject to hydrolysis) is 1. The van der Waals surface area contributed by atoms with Crippen LogP contribution in [0, 0.1) is 12.8 Å². The molecule has 0 aromatic heterocycles. The molecule has 0 radical (unpaired) electrons. The molecule has 1 aromatic carbocycles. The number of carbonyl (C=O) groups is 1. The smallest absolute Gasteiger partial charge is 0.407 e. The van der Waals surface area contributed by atoms with Gasteiger partial charge >= 0.3 is 6.09 Å². The largest absolute Gasteiger partial charge is 0.493 e. The van der Waals surface area contributed by atoms with Crippen LogP contribution in [0.3, 0.4) is 0 Å². The summed E-state index contributed by atoms with van der Waals surface area (Å²) in [6, 6.07) is 6.23. The zero-order valence-electron chi connectivity index (χ0n) is 20.7. The zero-order valence-corrected chi connectivity index (χ0v) is 23.0. The molecule has 188 valence electrons. The number of carbonyl (C=O) groups excluding carboxylic acids is 1. The van der Waals surface area contributed by atoms with E-state index in [9.17, 15) is 4.79 Å². The van der Waals surface area contributed by atoms with E-state index in [4.69, 9.17) is 19.2 Å². The number of rotatable bonds is 10. The number of halogens is 1. The Morgan fingerprint density at radius 1 is 1.21 bits per heavy atom. The van der Waals surface area contributed by atoms with Gasteiger partial charge in [0, 0.05) is 37.7 Å². The maximum absolute atomic E-state index is 11.7. The molecule has 1 saturated heterocycles. The zero-order chi connectivity index (χ0) is 23.4. The lowest BCUT2D eigenvalue weighted by Gasteiger charge is -2.19. The van der Waals surface area contributed by atoms with Crippen molar-refractivity contribution in [2.24, 2.45) is 10.9 Å². The fourth-order valence-electron chi connectivity index (χ4n) is 3.15. The first-order valence-electron chi connectivity index (χ1n) is 11.6. The second-order valence-electron chi connectivity index (χ2n) is 9.06. The van der Waals surface area contributed by atoms with Crippen molar-refractivity contribution in [1.29, 1.82) is 0 Å². The van der Waals surface area contributed by atoms with Gasteiger partial charge in [-0.25, -0.2) is 9.79 Å². The number of nitrogens with one attached hydrogen (secondary N) is 3. The average molecular weight is 577 g/mol. The third kappa shape index (κ3) is 12.3. The molecule has 1 atom stereocenters. The summed E-state index contributed by atoms with van der Waals surface area (Å²) in [5, 5.41) is 9.34. The molecule has 0 spiro atoms. The molecular formula is C24H41IN4O4. The molecule has 1 unspecified atom stereocenters. The lowest BCUT2D eigenvalue weighted by Crippen LogP contribution is -2.39. The van der Waals surface area contributed by atoms with Crippen molar-refractivity contribution in [3.05, 3.63) is 29.3 Å². The Labute approximate surface area is 215 Å². The fourth-order valence-corrected chi connectivity index (χ4v) is 3.15. The number of hydrogen-bond donors (Lipinski definition) is 3. The first-order valence-corrected chi connectivity index (χ1v) is 11.6. The van der Waals surface area contributed by atoms with Gasteiger partial charge in [0.15, 0.2) is 5.96 Å². The van der Waals surface area contributed by atoms with Crippen LogP contribution < -0.4 is 20.7 Å². The van der Waals surface area contributed by atoms with E-state index < -0.39 is 11.7 Å². The van der Waals surface area contributed by atoms with E-state index in [-0.39, 0.29) is 24.0 Å². The summed E-state index contributed by atoms with van der Waals surface area (Å²) < 4.78 is 16.8. The fraction of sp³-hybridized carbons (Fsp3) is 0.667. The Morgan fingerprint density at radius 2 is 1.97 bits per heavy atom. The molecule has 0 saturated carbocycles. The Balaban J connectivity index is 0.00000544. The number of ether oxygens (including phenoxy) is 3. The van der Waals surface area contributed by atoms with Crippen molar-refractivity contribution in [2.45, 2.75) is 59.6 Å². The number of aryl methyl sites for hydroxylation is 1. The van der Waals surface area contributed by atoms with E-state index >= 15 is 0 Å². The van der Waals surface area contributed by atoms with Crippen molar-refractivity contribution in [2.75, 3.05) is 39.5 Å². The summed E-state index contributed by atoms with van der Waals surface area (Å²) in [4.78, 5) is 16.4. The van der Waals surface area contributed by atoms with E-state index in [1.54, 1.807) is 0 Å². The van der Waals surface area contributed by atoms with E-state index in [1.165, 1.54) is 0 Å². The van der Waals surface area contributed by atoms with Crippen LogP contribution in [0.4, 0.5) is 4.79 Å². The molecule has 0 aliphatic carbocycles. The van der Waals surface area contributed by atoms with Gasteiger partial charge in [-0.15, -0.1) is 24.0 Å². The Hall–Kier alpha value is -1.75. The minimum Gasteiger partial charge on any atom is -0.493 e. The molecule has 33 heavy (non-hydrogen) atoms. The number of benzene rings is 1. The normalized spacial score (nSPS) is 16.0. The third-order valence-corrected chi connectivity index (χ3v) is 4.79. The highest BCUT2D eigenvalue weighted by Crippen LogP contribution is 2.23. The molecule has 9 heteroatoms. The monoisotopic (exact) mass is 576 g/mol. The Bertz CT molecular complexity index is 746. The third-order valence-electron chi connectivity index (χ3n) is 4.79. The maximum atomic E-state index is 11.7. The van der Waals surface area contributed by atoms with Crippen LogP contribution in [0.5, 0.6) is 5.75 Å². The SMILES string of the molecule is CCNC(=NCc1ccc(C)cc1OCC1CCOC1)NCCCNC(=O)OC(C)(C)C.I. The van der Waals surface area contributed by atoms with Crippen LogP contribution in [0.15, 0.2) is 23.2 Å². The van der Waals surface area contributed by atoms with Gasteiger partial charge in [0.05, 0.1) is 19.8 Å². The Morgan fingerprint density at radius 3 is 2.64 bits per heavy atom. The number of hydrogen-bond acceptors (Lipinski definition) is 5.